The van der Waals surface area contributed by atoms with Gasteiger partial charge in [-0.1, -0.05) is 17.4 Å². The molecule has 10 heteroatoms. The Morgan fingerprint density at radius 1 is 1.27 bits per heavy atom. The van der Waals surface area contributed by atoms with Crippen molar-refractivity contribution in [2.75, 3.05) is 5.32 Å². The molecule has 0 aliphatic heterocycles. The second-order valence-electron chi connectivity index (χ2n) is 4.52. The third-order valence-electron chi connectivity index (χ3n) is 2.87. The van der Waals surface area contributed by atoms with Crippen molar-refractivity contribution in [3.63, 3.8) is 0 Å². The van der Waals surface area contributed by atoms with Crippen LogP contribution in [0, 0.1) is 30.6 Å². The van der Waals surface area contributed by atoms with Crippen LogP contribution in [0.15, 0.2) is 35.7 Å². The first-order valence-electron chi connectivity index (χ1n) is 6.91. The van der Waals surface area contributed by atoms with E-state index in [9.17, 15) is 4.79 Å². The third-order valence-corrected chi connectivity index (χ3v) is 3.80. The normalized spacial score (nSPS) is 9.58. The van der Waals surface area contributed by atoms with Gasteiger partial charge in [-0.15, -0.1) is 0 Å². The van der Waals surface area contributed by atoms with Crippen LogP contribution >= 0.6 is 11.3 Å². The number of carbonyl (C=O) groups excluding carboxylic acids is 1. The zero-order chi connectivity index (χ0) is 19.5. The highest BCUT2D eigenvalue weighted by molar-refractivity contribution is 7.22. The number of hydrogen-bond donors (Lipinski definition) is 2. The molecule has 26 heavy (non-hydrogen) atoms. The zero-order valence-corrected chi connectivity index (χ0v) is 14.5. The number of nitriles is 2. The minimum atomic E-state index is -0.338. The number of hydrogen-bond acceptors (Lipinski definition) is 9. The van der Waals surface area contributed by atoms with E-state index in [1.807, 2.05) is 25.1 Å². The van der Waals surface area contributed by atoms with Crippen molar-refractivity contribution in [2.45, 2.75) is 6.92 Å². The Morgan fingerprint density at radius 3 is 2.62 bits per heavy atom. The summed E-state index contributed by atoms with van der Waals surface area (Å²) < 4.78 is 0.933. The Bertz CT molecular complexity index is 937. The fourth-order valence-corrected chi connectivity index (χ4v) is 2.74. The van der Waals surface area contributed by atoms with E-state index >= 15 is 0 Å². The maximum atomic E-state index is 12.1. The Morgan fingerprint density at radius 2 is 2.00 bits per heavy atom. The van der Waals surface area contributed by atoms with Gasteiger partial charge in [-0.25, -0.2) is 20.5 Å². The Kier molecular flexibility index (Phi) is 7.81. The lowest BCUT2D eigenvalue weighted by Gasteiger charge is -2.00. The number of aryl methyl sites for hydroxylation is 1. The van der Waals surface area contributed by atoms with Crippen molar-refractivity contribution in [2.24, 2.45) is 10.9 Å². The molecular formula is C16H14N8OS. The van der Waals surface area contributed by atoms with Gasteiger partial charge >= 0.3 is 0 Å². The minimum Gasteiger partial charge on any atom is -0.323 e. The van der Waals surface area contributed by atoms with Crippen LogP contribution in [0.25, 0.3) is 10.2 Å². The van der Waals surface area contributed by atoms with E-state index in [0.717, 1.165) is 21.5 Å². The standard InChI is InChI=1S/C14H12N6OS.2CHN/c1-8-5-17-11(7-16-8)13(21)20-14-19-10-3-2-9(6-18-15)4-12(10)22-14;2*1-2/h2-7H,15H2,1H3,(H,19,20,21);2*1H. The topological polar surface area (TPSA) is 154 Å². The van der Waals surface area contributed by atoms with Crippen LogP contribution in [-0.2, 0) is 0 Å². The van der Waals surface area contributed by atoms with Crippen LogP contribution in [0.4, 0.5) is 5.13 Å². The number of anilines is 1. The van der Waals surface area contributed by atoms with Gasteiger partial charge < -0.3 is 5.84 Å². The molecule has 0 saturated heterocycles. The van der Waals surface area contributed by atoms with Crippen LogP contribution in [-0.4, -0.2) is 27.1 Å². The van der Waals surface area contributed by atoms with Crippen molar-refractivity contribution in [1.29, 1.82) is 10.5 Å². The maximum Gasteiger partial charge on any atom is 0.277 e. The van der Waals surface area contributed by atoms with Crippen molar-refractivity contribution in [3.05, 3.63) is 47.5 Å². The summed E-state index contributed by atoms with van der Waals surface area (Å²) in [4.78, 5) is 24.5. The van der Waals surface area contributed by atoms with Crippen molar-refractivity contribution < 1.29 is 4.79 Å². The van der Waals surface area contributed by atoms with E-state index in [4.69, 9.17) is 16.4 Å². The first-order chi connectivity index (χ1) is 12.7. The molecule has 2 aromatic heterocycles. The Balaban J connectivity index is 0.000000791. The molecule has 1 aromatic carbocycles. The van der Waals surface area contributed by atoms with Gasteiger partial charge in [0.05, 0.1) is 28.3 Å². The summed E-state index contributed by atoms with van der Waals surface area (Å²) in [6.45, 7) is 8.81. The summed E-state index contributed by atoms with van der Waals surface area (Å²) in [5.41, 5.74) is 2.68. The number of carbonyl (C=O) groups is 1. The number of fused-ring (bicyclic) bond motifs is 1. The Labute approximate surface area is 153 Å². The molecule has 0 aliphatic rings. The molecular weight excluding hydrogens is 352 g/mol. The number of nitrogens with zero attached hydrogens (tertiary/aromatic N) is 6. The average molecular weight is 366 g/mol. The molecule has 9 nitrogen and oxygen atoms in total. The summed E-state index contributed by atoms with van der Waals surface area (Å²) in [6, 6.07) is 5.62. The van der Waals surface area contributed by atoms with E-state index in [-0.39, 0.29) is 11.6 Å². The van der Waals surface area contributed by atoms with E-state index in [1.54, 1.807) is 12.4 Å². The lowest BCUT2D eigenvalue weighted by molar-refractivity contribution is 0.102. The highest BCUT2D eigenvalue weighted by Crippen LogP contribution is 2.26. The summed E-state index contributed by atoms with van der Waals surface area (Å²) in [6.07, 6.45) is 4.54. The number of benzene rings is 1. The minimum absolute atomic E-state index is 0.251. The van der Waals surface area contributed by atoms with Crippen molar-refractivity contribution in [3.8, 4) is 13.1 Å². The lowest BCUT2D eigenvalue weighted by Crippen LogP contribution is -2.13. The van der Waals surface area contributed by atoms with E-state index in [0.29, 0.717) is 5.13 Å². The van der Waals surface area contributed by atoms with Gasteiger partial charge in [0.15, 0.2) is 5.13 Å². The number of amides is 1. The number of thiazole rings is 1. The number of aromatic nitrogens is 3. The summed E-state index contributed by atoms with van der Waals surface area (Å²) in [5, 5.41) is 19.7. The number of hydrazone groups is 1. The molecule has 0 spiro atoms. The van der Waals surface area contributed by atoms with Gasteiger partial charge in [0, 0.05) is 19.3 Å². The van der Waals surface area contributed by atoms with Crippen LogP contribution < -0.4 is 11.2 Å². The molecule has 0 atom stereocenters. The van der Waals surface area contributed by atoms with Gasteiger partial charge in [-0.3, -0.25) is 15.1 Å². The molecule has 2 heterocycles. The smallest absolute Gasteiger partial charge is 0.277 e. The fourth-order valence-electron chi connectivity index (χ4n) is 1.83. The number of nitrogens with two attached hydrogens (primary N) is 1. The van der Waals surface area contributed by atoms with Gasteiger partial charge in [0.25, 0.3) is 5.91 Å². The van der Waals surface area contributed by atoms with Gasteiger partial charge in [0.2, 0.25) is 0 Å². The Hall–Kier alpha value is -3.89. The molecule has 3 N–H and O–H groups in total. The van der Waals surface area contributed by atoms with E-state index < -0.39 is 0 Å². The van der Waals surface area contributed by atoms with Crippen LogP contribution in [0.5, 0.6) is 0 Å². The molecule has 0 unspecified atom stereocenters. The monoisotopic (exact) mass is 366 g/mol. The number of rotatable bonds is 3. The van der Waals surface area contributed by atoms with Gasteiger partial charge in [-0.05, 0) is 24.6 Å². The van der Waals surface area contributed by atoms with Gasteiger partial charge in [-0.2, -0.15) is 5.10 Å². The average Bonchev–Trinajstić information content (AvgIpc) is 3.07. The predicted molar refractivity (Wildman–Crippen MR) is 99.5 cm³/mol. The largest absolute Gasteiger partial charge is 0.323 e. The summed E-state index contributed by atoms with van der Waals surface area (Å²) in [7, 11) is 0. The SMILES string of the molecule is C#N.C#N.Cc1cnc(C(=O)Nc2nc3ccc(C=NN)cc3s2)cn1. The summed E-state index contributed by atoms with van der Waals surface area (Å²) in [5.74, 6) is 4.80. The van der Waals surface area contributed by atoms with Gasteiger partial charge in [0.1, 0.15) is 5.69 Å². The summed E-state index contributed by atoms with van der Waals surface area (Å²) >= 11 is 1.37. The van der Waals surface area contributed by atoms with Crippen molar-refractivity contribution >= 4 is 38.8 Å². The zero-order valence-electron chi connectivity index (χ0n) is 13.7. The van der Waals surface area contributed by atoms with E-state index in [2.05, 4.69) is 38.5 Å². The molecule has 0 bridgehead atoms. The molecule has 0 aliphatic carbocycles. The quantitative estimate of drug-likeness (QED) is 0.409. The first-order valence-corrected chi connectivity index (χ1v) is 7.73. The highest BCUT2D eigenvalue weighted by atomic mass is 32.1. The second kappa shape index (κ2) is 10.1. The molecule has 0 saturated carbocycles. The van der Waals surface area contributed by atoms with Crippen LogP contribution in [0.3, 0.4) is 0 Å². The molecule has 0 radical (unpaired) electrons. The predicted octanol–water partition coefficient (Wildman–Crippen LogP) is 2.22. The molecule has 3 rings (SSSR count). The second-order valence-corrected chi connectivity index (χ2v) is 5.55. The van der Waals surface area contributed by atoms with Crippen molar-refractivity contribution in [1.82, 2.24) is 15.0 Å². The maximum absolute atomic E-state index is 12.1. The number of nitrogens with one attached hydrogen (secondary N) is 1. The lowest BCUT2D eigenvalue weighted by atomic mass is 10.2. The van der Waals surface area contributed by atoms with Crippen LogP contribution in [0.2, 0.25) is 0 Å². The highest BCUT2D eigenvalue weighted by Gasteiger charge is 2.11. The molecule has 1 amide bonds. The first kappa shape index (κ1) is 20.2. The third kappa shape index (κ3) is 5.06. The van der Waals surface area contributed by atoms with E-state index in [1.165, 1.54) is 17.5 Å². The van der Waals surface area contributed by atoms with Crippen LogP contribution in [0.1, 0.15) is 21.7 Å². The molecule has 3 aromatic rings. The molecule has 0 fully saturated rings. The fraction of sp³-hybridized carbons (Fsp3) is 0.0625. The molecule has 130 valence electrons.